The Morgan fingerprint density at radius 1 is 1.41 bits per heavy atom. The fourth-order valence-corrected chi connectivity index (χ4v) is 2.65. The number of rotatable bonds is 5. The van der Waals surface area contributed by atoms with E-state index in [-0.39, 0.29) is 42.3 Å². The number of nitrogens with two attached hydrogens (primary N) is 1. The van der Waals surface area contributed by atoms with E-state index in [9.17, 15) is 14.9 Å². The minimum atomic E-state index is -0.501. The predicted octanol–water partition coefficient (Wildman–Crippen LogP) is 1.77. The molecule has 1 aromatic carbocycles. The largest absolute Gasteiger partial charge is 0.329 e. The Morgan fingerprint density at radius 3 is 2.82 bits per heavy atom. The van der Waals surface area contributed by atoms with Crippen LogP contribution < -0.4 is 11.1 Å². The summed E-state index contributed by atoms with van der Waals surface area (Å²) in [5.74, 6) is -0.246. The monoisotopic (exact) mass is 328 g/mol. The van der Waals surface area contributed by atoms with Crippen LogP contribution in [0.3, 0.4) is 0 Å². The molecule has 0 aliphatic carbocycles. The number of amides is 1. The number of nitrogens with one attached hydrogen (secondary N) is 1. The molecule has 122 valence electrons. The fourth-order valence-electron chi connectivity index (χ4n) is 2.65. The number of para-hydroxylation sites is 2. The van der Waals surface area contributed by atoms with Crippen molar-refractivity contribution in [3.63, 3.8) is 0 Å². The van der Waals surface area contributed by atoms with Crippen LogP contribution in [0.25, 0.3) is 0 Å². The molecule has 7 nitrogen and oxygen atoms in total. The molecule has 1 aliphatic rings. The second kappa shape index (κ2) is 8.67. The topological polar surface area (TPSA) is 102 Å². The molecule has 0 aromatic heterocycles. The van der Waals surface area contributed by atoms with Gasteiger partial charge in [-0.2, -0.15) is 0 Å². The quantitative estimate of drug-likeness (QED) is 0.633. The van der Waals surface area contributed by atoms with Gasteiger partial charge in [-0.1, -0.05) is 18.6 Å². The van der Waals surface area contributed by atoms with Gasteiger partial charge in [0, 0.05) is 18.7 Å². The molecule has 1 unspecified atom stereocenters. The number of piperidine rings is 1. The van der Waals surface area contributed by atoms with E-state index in [0.717, 1.165) is 25.8 Å². The van der Waals surface area contributed by atoms with Crippen LogP contribution in [-0.2, 0) is 4.79 Å². The van der Waals surface area contributed by atoms with Gasteiger partial charge in [0.2, 0.25) is 5.91 Å². The lowest BCUT2D eigenvalue weighted by Gasteiger charge is -2.34. The zero-order chi connectivity index (χ0) is 15.2. The zero-order valence-electron chi connectivity index (χ0n) is 12.2. The normalized spacial score (nSPS) is 18.3. The SMILES string of the molecule is Cl.NCC1CCCCN1CC(=O)Nc1ccccc1[N+](=O)[O-]. The average Bonchev–Trinajstić information content (AvgIpc) is 2.48. The minimum Gasteiger partial charge on any atom is -0.329 e. The Balaban J connectivity index is 0.00000242. The summed E-state index contributed by atoms with van der Waals surface area (Å²) in [6.45, 7) is 1.58. The van der Waals surface area contributed by atoms with E-state index in [4.69, 9.17) is 5.73 Å². The lowest BCUT2D eigenvalue weighted by Crippen LogP contribution is -2.47. The van der Waals surface area contributed by atoms with Crippen molar-refractivity contribution in [2.24, 2.45) is 5.73 Å². The van der Waals surface area contributed by atoms with Gasteiger partial charge in [0.15, 0.2) is 0 Å². The molecule has 1 heterocycles. The molecule has 1 fully saturated rings. The minimum absolute atomic E-state index is 0. The van der Waals surface area contributed by atoms with Crippen molar-refractivity contribution in [2.75, 3.05) is 25.0 Å². The van der Waals surface area contributed by atoms with E-state index in [1.54, 1.807) is 12.1 Å². The summed E-state index contributed by atoms with van der Waals surface area (Å²) >= 11 is 0. The van der Waals surface area contributed by atoms with Crippen molar-refractivity contribution in [2.45, 2.75) is 25.3 Å². The summed E-state index contributed by atoms with van der Waals surface area (Å²) in [7, 11) is 0. The summed E-state index contributed by atoms with van der Waals surface area (Å²) in [6.07, 6.45) is 3.18. The molecule has 8 heteroatoms. The number of benzene rings is 1. The van der Waals surface area contributed by atoms with E-state index in [0.29, 0.717) is 6.54 Å². The van der Waals surface area contributed by atoms with Crippen LogP contribution in [0.5, 0.6) is 0 Å². The van der Waals surface area contributed by atoms with E-state index < -0.39 is 4.92 Å². The summed E-state index contributed by atoms with van der Waals surface area (Å²) in [4.78, 5) is 24.6. The molecule has 2 rings (SSSR count). The van der Waals surface area contributed by atoms with E-state index >= 15 is 0 Å². The lowest BCUT2D eigenvalue weighted by molar-refractivity contribution is -0.383. The van der Waals surface area contributed by atoms with Crippen molar-refractivity contribution in [1.29, 1.82) is 0 Å². The fraction of sp³-hybridized carbons (Fsp3) is 0.500. The molecule has 0 saturated carbocycles. The molecule has 1 aliphatic heterocycles. The first kappa shape index (κ1) is 18.3. The molecule has 0 spiro atoms. The number of hydrogen-bond donors (Lipinski definition) is 2. The van der Waals surface area contributed by atoms with Crippen molar-refractivity contribution >= 4 is 29.7 Å². The van der Waals surface area contributed by atoms with Crippen molar-refractivity contribution in [1.82, 2.24) is 4.90 Å². The van der Waals surface area contributed by atoms with Gasteiger partial charge < -0.3 is 11.1 Å². The summed E-state index contributed by atoms with van der Waals surface area (Å²) < 4.78 is 0. The predicted molar refractivity (Wildman–Crippen MR) is 87.2 cm³/mol. The number of carbonyl (C=O) groups is 1. The first-order valence-corrected chi connectivity index (χ1v) is 7.09. The first-order valence-electron chi connectivity index (χ1n) is 7.09. The van der Waals surface area contributed by atoms with Gasteiger partial charge in [0.25, 0.3) is 5.69 Å². The second-order valence-electron chi connectivity index (χ2n) is 5.18. The number of likely N-dealkylation sites (tertiary alicyclic amines) is 1. The lowest BCUT2D eigenvalue weighted by atomic mass is 10.0. The van der Waals surface area contributed by atoms with Crippen LogP contribution in [0.4, 0.5) is 11.4 Å². The highest BCUT2D eigenvalue weighted by molar-refractivity contribution is 5.94. The number of hydrogen-bond acceptors (Lipinski definition) is 5. The molecule has 1 aromatic rings. The van der Waals surface area contributed by atoms with E-state index in [1.807, 2.05) is 4.90 Å². The van der Waals surface area contributed by atoms with Crippen LogP contribution in [0.15, 0.2) is 24.3 Å². The summed E-state index contributed by atoms with van der Waals surface area (Å²) in [5, 5.41) is 13.5. The Hall–Kier alpha value is -1.70. The van der Waals surface area contributed by atoms with E-state index in [1.165, 1.54) is 12.1 Å². The maximum absolute atomic E-state index is 12.1. The number of nitro groups is 1. The van der Waals surface area contributed by atoms with E-state index in [2.05, 4.69) is 5.32 Å². The van der Waals surface area contributed by atoms with Gasteiger partial charge in [0.1, 0.15) is 5.69 Å². The third-order valence-electron chi connectivity index (χ3n) is 3.74. The number of carbonyl (C=O) groups excluding carboxylic acids is 1. The summed E-state index contributed by atoms with van der Waals surface area (Å²) in [5.41, 5.74) is 5.86. The van der Waals surface area contributed by atoms with Crippen molar-refractivity contribution in [3.05, 3.63) is 34.4 Å². The van der Waals surface area contributed by atoms with Crippen molar-refractivity contribution < 1.29 is 9.72 Å². The highest BCUT2D eigenvalue weighted by Crippen LogP contribution is 2.23. The molecule has 0 radical (unpaired) electrons. The highest BCUT2D eigenvalue weighted by atomic mass is 35.5. The molecule has 3 N–H and O–H groups in total. The highest BCUT2D eigenvalue weighted by Gasteiger charge is 2.24. The van der Waals surface area contributed by atoms with Crippen LogP contribution in [0.2, 0.25) is 0 Å². The number of anilines is 1. The third-order valence-corrected chi connectivity index (χ3v) is 3.74. The molecular weight excluding hydrogens is 308 g/mol. The second-order valence-corrected chi connectivity index (χ2v) is 5.18. The Labute approximate surface area is 135 Å². The van der Waals surface area contributed by atoms with Crippen LogP contribution in [-0.4, -0.2) is 41.4 Å². The molecule has 1 saturated heterocycles. The molecule has 0 bridgehead atoms. The Kier molecular flexibility index (Phi) is 7.23. The molecule has 1 amide bonds. The van der Waals surface area contributed by atoms with Crippen LogP contribution in [0.1, 0.15) is 19.3 Å². The molecular formula is C14H21ClN4O3. The molecule has 1 atom stereocenters. The maximum atomic E-state index is 12.1. The van der Waals surface area contributed by atoms with Gasteiger partial charge in [-0.15, -0.1) is 12.4 Å². The smallest absolute Gasteiger partial charge is 0.292 e. The van der Waals surface area contributed by atoms with Crippen molar-refractivity contribution in [3.8, 4) is 0 Å². The van der Waals surface area contributed by atoms with Crippen LogP contribution >= 0.6 is 12.4 Å². The zero-order valence-corrected chi connectivity index (χ0v) is 13.1. The Morgan fingerprint density at radius 2 is 2.14 bits per heavy atom. The standard InChI is InChI=1S/C14H20N4O3.ClH/c15-9-11-5-3-4-8-17(11)10-14(19)16-12-6-1-2-7-13(12)18(20)21;/h1-2,6-7,11H,3-5,8-10,15H2,(H,16,19);1H. The van der Waals surface area contributed by atoms with Gasteiger partial charge in [-0.3, -0.25) is 19.8 Å². The average molecular weight is 329 g/mol. The maximum Gasteiger partial charge on any atom is 0.292 e. The van der Waals surface area contributed by atoms with Gasteiger partial charge in [-0.05, 0) is 25.5 Å². The number of halogens is 1. The van der Waals surface area contributed by atoms with Crippen LogP contribution in [0, 0.1) is 10.1 Å². The summed E-state index contributed by atoms with van der Waals surface area (Å²) in [6, 6.07) is 6.36. The third kappa shape index (κ3) is 4.66. The number of nitrogens with zero attached hydrogens (tertiary/aromatic N) is 2. The first-order chi connectivity index (χ1) is 10.1. The Bertz CT molecular complexity index is 527. The molecule has 22 heavy (non-hydrogen) atoms. The van der Waals surface area contributed by atoms with Gasteiger partial charge in [-0.25, -0.2) is 0 Å². The van der Waals surface area contributed by atoms with Gasteiger partial charge >= 0.3 is 0 Å². The van der Waals surface area contributed by atoms with Gasteiger partial charge in [0.05, 0.1) is 11.5 Å². The number of nitro benzene ring substituents is 1.